The van der Waals surface area contributed by atoms with Crippen molar-refractivity contribution in [2.75, 3.05) is 26.2 Å². The first-order valence-electron chi connectivity index (χ1n) is 10.3. The number of sulfonamides is 1. The number of hydrogen-bond acceptors (Lipinski definition) is 5. The first-order chi connectivity index (χ1) is 13.6. The van der Waals surface area contributed by atoms with Crippen molar-refractivity contribution in [1.29, 1.82) is 0 Å². The third kappa shape index (κ3) is 3.82. The lowest BCUT2D eigenvalue weighted by Crippen LogP contribution is -2.74. The lowest BCUT2D eigenvalue weighted by molar-refractivity contribution is -0.116. The number of aryl methyl sites for hydroxylation is 1. The van der Waals surface area contributed by atoms with Crippen molar-refractivity contribution in [1.82, 2.24) is 14.2 Å². The number of aliphatic hydroxyl groups is 1. The molecule has 6 nitrogen and oxygen atoms in total. The lowest BCUT2D eigenvalue weighted by atomic mass is 9.72. The Morgan fingerprint density at radius 3 is 2.38 bits per heavy atom. The highest BCUT2D eigenvalue weighted by Crippen LogP contribution is 2.45. The van der Waals surface area contributed by atoms with E-state index >= 15 is 0 Å². The molecule has 1 aromatic rings. The molecule has 162 valence electrons. The fourth-order valence-electron chi connectivity index (χ4n) is 4.99. The van der Waals surface area contributed by atoms with E-state index in [-0.39, 0.29) is 28.1 Å². The Kier molecular flexibility index (Phi) is 5.25. The number of likely N-dealkylation sites (tertiary alicyclic amines) is 1. The molecule has 4 rings (SSSR count). The van der Waals surface area contributed by atoms with Crippen LogP contribution >= 0.6 is 0 Å². The van der Waals surface area contributed by atoms with Crippen molar-refractivity contribution in [3.05, 3.63) is 23.5 Å². The maximum absolute atomic E-state index is 13.0. The van der Waals surface area contributed by atoms with Gasteiger partial charge in [0.05, 0.1) is 11.3 Å². The van der Waals surface area contributed by atoms with Gasteiger partial charge >= 0.3 is 0 Å². The zero-order valence-electron chi connectivity index (χ0n) is 16.9. The highest BCUT2D eigenvalue weighted by Gasteiger charge is 2.56. The molecular weight excluding hydrogens is 400 g/mol. The molecule has 1 N–H and O–H groups in total. The van der Waals surface area contributed by atoms with Crippen LogP contribution in [0, 0.1) is 5.41 Å². The molecule has 0 aromatic carbocycles. The first-order valence-corrected chi connectivity index (χ1v) is 11.7. The molecule has 0 bridgehead atoms. The Hall–Kier alpha value is -1.16. The Balaban J connectivity index is 1.38. The predicted octanol–water partition coefficient (Wildman–Crippen LogP) is 2.58. The first kappa shape index (κ1) is 21.1. The molecule has 1 aromatic heterocycles. The molecule has 3 aliphatic rings. The SMILES string of the molecule is CCc1nc(C(F)F)ccc1S(=O)(=O)N1CC2(CN(C3CCC(C)(O)CC3)C2)C1. The van der Waals surface area contributed by atoms with Crippen molar-refractivity contribution in [3.63, 3.8) is 0 Å². The van der Waals surface area contributed by atoms with Crippen LogP contribution in [0.2, 0.25) is 0 Å². The summed E-state index contributed by atoms with van der Waals surface area (Å²) in [5, 5.41) is 10.1. The fourth-order valence-corrected chi connectivity index (χ4v) is 6.88. The summed E-state index contributed by atoms with van der Waals surface area (Å²) in [5.74, 6) is 0. The molecule has 3 fully saturated rings. The summed E-state index contributed by atoms with van der Waals surface area (Å²) >= 11 is 0. The van der Waals surface area contributed by atoms with E-state index in [1.165, 1.54) is 10.4 Å². The highest BCUT2D eigenvalue weighted by atomic mass is 32.2. The van der Waals surface area contributed by atoms with Gasteiger partial charge in [0.25, 0.3) is 6.43 Å². The number of aromatic nitrogens is 1. The van der Waals surface area contributed by atoms with Gasteiger partial charge in [0.15, 0.2) is 0 Å². The molecule has 1 aliphatic carbocycles. The second-order valence-corrected chi connectivity index (χ2v) is 11.1. The standard InChI is InChI=1S/C20H29F2N3O3S/c1-3-15-17(5-4-16(23-15)18(21)22)29(27,28)25-12-20(13-25)10-24(11-20)14-6-8-19(2,26)9-7-14/h4-5,14,18,26H,3,6-13H2,1-2H3. The van der Waals surface area contributed by atoms with Crippen LogP contribution in [-0.2, 0) is 16.4 Å². The third-order valence-corrected chi connectivity index (χ3v) is 8.65. The van der Waals surface area contributed by atoms with E-state index in [2.05, 4.69) is 9.88 Å². The van der Waals surface area contributed by atoms with Crippen LogP contribution < -0.4 is 0 Å². The van der Waals surface area contributed by atoms with Gasteiger partial charge in [0, 0.05) is 37.6 Å². The molecule has 29 heavy (non-hydrogen) atoms. The lowest BCUT2D eigenvalue weighted by Gasteiger charge is -2.62. The quantitative estimate of drug-likeness (QED) is 0.779. The minimum absolute atomic E-state index is 0.00968. The number of halogens is 2. The van der Waals surface area contributed by atoms with Crippen LogP contribution in [0.4, 0.5) is 8.78 Å². The predicted molar refractivity (Wildman–Crippen MR) is 104 cm³/mol. The van der Waals surface area contributed by atoms with Crippen LogP contribution in [-0.4, -0.2) is 65.5 Å². The molecule has 3 heterocycles. The summed E-state index contributed by atoms with van der Waals surface area (Å²) in [4.78, 5) is 6.33. The maximum Gasteiger partial charge on any atom is 0.280 e. The summed E-state index contributed by atoms with van der Waals surface area (Å²) < 4.78 is 53.3. The zero-order chi connectivity index (χ0) is 21.0. The minimum Gasteiger partial charge on any atom is -0.390 e. The highest BCUT2D eigenvalue weighted by molar-refractivity contribution is 7.89. The monoisotopic (exact) mass is 429 g/mol. The van der Waals surface area contributed by atoms with Crippen LogP contribution in [0.3, 0.4) is 0 Å². The topological polar surface area (TPSA) is 73.7 Å². The summed E-state index contributed by atoms with van der Waals surface area (Å²) in [5.41, 5.74) is -0.726. The summed E-state index contributed by atoms with van der Waals surface area (Å²) in [6, 6.07) is 2.86. The van der Waals surface area contributed by atoms with E-state index in [1.807, 2.05) is 6.92 Å². The van der Waals surface area contributed by atoms with Crippen molar-refractivity contribution >= 4 is 10.0 Å². The van der Waals surface area contributed by atoms with Crippen molar-refractivity contribution < 1.29 is 22.3 Å². The Labute approximate surface area is 171 Å². The van der Waals surface area contributed by atoms with Crippen LogP contribution in [0.5, 0.6) is 0 Å². The number of pyridine rings is 1. The maximum atomic E-state index is 13.0. The van der Waals surface area contributed by atoms with E-state index in [9.17, 15) is 22.3 Å². The Morgan fingerprint density at radius 1 is 1.21 bits per heavy atom. The van der Waals surface area contributed by atoms with Crippen LogP contribution in [0.15, 0.2) is 17.0 Å². The van der Waals surface area contributed by atoms with Gasteiger partial charge in [-0.1, -0.05) is 6.92 Å². The largest absolute Gasteiger partial charge is 0.390 e. The Bertz CT molecular complexity index is 867. The molecule has 1 saturated carbocycles. The molecule has 0 unspecified atom stereocenters. The zero-order valence-corrected chi connectivity index (χ0v) is 17.8. The average molecular weight is 430 g/mol. The van der Waals surface area contributed by atoms with E-state index in [0.717, 1.165) is 44.8 Å². The second-order valence-electron chi connectivity index (χ2n) is 9.24. The van der Waals surface area contributed by atoms with Crippen LogP contribution in [0.1, 0.15) is 57.3 Å². The normalized spacial score (nSPS) is 30.3. The molecule has 2 saturated heterocycles. The van der Waals surface area contributed by atoms with Gasteiger partial charge in [0.1, 0.15) is 10.6 Å². The van der Waals surface area contributed by atoms with Crippen molar-refractivity contribution in [3.8, 4) is 0 Å². The van der Waals surface area contributed by atoms with Gasteiger partial charge in [-0.2, -0.15) is 4.31 Å². The number of rotatable bonds is 5. The summed E-state index contributed by atoms with van der Waals surface area (Å²) in [7, 11) is -3.72. The molecule has 0 amide bonds. The van der Waals surface area contributed by atoms with Gasteiger partial charge < -0.3 is 5.11 Å². The Morgan fingerprint density at radius 2 is 1.83 bits per heavy atom. The smallest absolute Gasteiger partial charge is 0.280 e. The van der Waals surface area contributed by atoms with E-state index < -0.39 is 22.0 Å². The van der Waals surface area contributed by atoms with Gasteiger partial charge in [-0.15, -0.1) is 0 Å². The van der Waals surface area contributed by atoms with Crippen LogP contribution in [0.25, 0.3) is 0 Å². The van der Waals surface area contributed by atoms with Crippen molar-refractivity contribution in [2.24, 2.45) is 5.41 Å². The van der Waals surface area contributed by atoms with Crippen molar-refractivity contribution in [2.45, 2.75) is 68.9 Å². The molecule has 0 atom stereocenters. The average Bonchev–Trinajstić information content (AvgIpc) is 2.59. The summed E-state index contributed by atoms with van der Waals surface area (Å²) in [6.07, 6.45) is 1.15. The molecule has 0 radical (unpaired) electrons. The number of hydrogen-bond donors (Lipinski definition) is 1. The van der Waals surface area contributed by atoms with E-state index in [4.69, 9.17) is 0 Å². The number of nitrogens with zero attached hydrogens (tertiary/aromatic N) is 3. The van der Waals surface area contributed by atoms with E-state index in [1.54, 1.807) is 6.92 Å². The second kappa shape index (κ2) is 7.21. The molecule has 1 spiro atoms. The van der Waals surface area contributed by atoms with Gasteiger partial charge in [-0.3, -0.25) is 9.88 Å². The third-order valence-electron chi connectivity index (χ3n) is 6.78. The summed E-state index contributed by atoms with van der Waals surface area (Å²) in [6.45, 7) is 6.32. The van der Waals surface area contributed by atoms with Gasteiger partial charge in [0.2, 0.25) is 10.0 Å². The number of alkyl halides is 2. The molecule has 9 heteroatoms. The fraction of sp³-hybridized carbons (Fsp3) is 0.750. The minimum atomic E-state index is -3.72. The molecule has 2 aliphatic heterocycles. The van der Waals surface area contributed by atoms with Gasteiger partial charge in [-0.25, -0.2) is 17.2 Å². The molecular formula is C20H29F2N3O3S. The van der Waals surface area contributed by atoms with Gasteiger partial charge in [-0.05, 0) is 51.2 Å². The van der Waals surface area contributed by atoms with E-state index in [0.29, 0.717) is 19.1 Å².